The fraction of sp³-hybridized carbons (Fsp3) is 0.500. The highest BCUT2D eigenvalue weighted by Gasteiger charge is 2.36. The molecule has 1 saturated heterocycles. The number of benzene rings is 1. The first kappa shape index (κ1) is 19.1. The molecule has 1 N–H and O–H groups in total. The Labute approximate surface area is 165 Å². The Balaban J connectivity index is 1.53. The second-order valence-corrected chi connectivity index (χ2v) is 9.58. The quantitative estimate of drug-likeness (QED) is 0.831. The number of carbonyl (C=O) groups is 1. The van der Waals surface area contributed by atoms with Crippen LogP contribution in [0.15, 0.2) is 35.2 Å². The zero-order chi connectivity index (χ0) is 19.9. The van der Waals surface area contributed by atoms with E-state index in [1.807, 2.05) is 30.3 Å². The molecule has 4 rings (SSSR count). The normalized spacial score (nSPS) is 18.9. The van der Waals surface area contributed by atoms with Crippen molar-refractivity contribution in [3.63, 3.8) is 0 Å². The summed E-state index contributed by atoms with van der Waals surface area (Å²) in [4.78, 5) is 12.5. The molecule has 0 radical (unpaired) electrons. The average Bonchev–Trinajstić information content (AvgIpc) is 3.45. The SMILES string of the molecule is Cc1nn(-c2ccccc2)c(C)c1S(=O)(=O)N1CCC(C(=O)NC2CC2)CC1. The molecule has 28 heavy (non-hydrogen) atoms. The van der Waals surface area contributed by atoms with E-state index in [2.05, 4.69) is 10.4 Å². The maximum atomic E-state index is 13.3. The standard InChI is InChI=1S/C20H26N4O3S/c1-14-19(15(2)24(22-14)18-6-4-3-5-7-18)28(26,27)23-12-10-16(11-13-23)20(25)21-17-8-9-17/h3-7,16-17H,8-13H2,1-2H3,(H,21,25). The van der Waals surface area contributed by atoms with Crippen LogP contribution in [0.2, 0.25) is 0 Å². The fourth-order valence-electron chi connectivity index (χ4n) is 3.86. The van der Waals surface area contributed by atoms with Gasteiger partial charge in [0.05, 0.1) is 17.1 Å². The number of amides is 1. The zero-order valence-electron chi connectivity index (χ0n) is 16.3. The van der Waals surface area contributed by atoms with Crippen molar-refractivity contribution in [2.24, 2.45) is 5.92 Å². The first-order chi connectivity index (χ1) is 13.4. The van der Waals surface area contributed by atoms with Gasteiger partial charge in [-0.3, -0.25) is 4.79 Å². The highest BCUT2D eigenvalue weighted by Crippen LogP contribution is 2.29. The number of aromatic nitrogens is 2. The van der Waals surface area contributed by atoms with Crippen LogP contribution in [0.25, 0.3) is 5.69 Å². The summed E-state index contributed by atoms with van der Waals surface area (Å²) >= 11 is 0. The van der Waals surface area contributed by atoms with Gasteiger partial charge in [0.25, 0.3) is 0 Å². The maximum Gasteiger partial charge on any atom is 0.246 e. The summed E-state index contributed by atoms with van der Waals surface area (Å²) in [6.07, 6.45) is 3.23. The molecule has 2 aromatic rings. The summed E-state index contributed by atoms with van der Waals surface area (Å²) in [6.45, 7) is 4.24. The molecule has 1 aliphatic carbocycles. The molecule has 1 amide bonds. The molecule has 1 aliphatic heterocycles. The van der Waals surface area contributed by atoms with Crippen molar-refractivity contribution in [1.29, 1.82) is 0 Å². The van der Waals surface area contributed by atoms with Gasteiger partial charge in [0.15, 0.2) is 0 Å². The first-order valence-electron chi connectivity index (χ1n) is 9.80. The van der Waals surface area contributed by atoms with E-state index in [0.717, 1.165) is 18.5 Å². The molecule has 150 valence electrons. The summed E-state index contributed by atoms with van der Waals surface area (Å²) in [7, 11) is -3.65. The minimum atomic E-state index is -3.65. The molecule has 1 aromatic heterocycles. The molecule has 8 heteroatoms. The zero-order valence-corrected chi connectivity index (χ0v) is 17.1. The van der Waals surface area contributed by atoms with Gasteiger partial charge in [-0.15, -0.1) is 0 Å². The molecule has 0 bridgehead atoms. The van der Waals surface area contributed by atoms with E-state index in [4.69, 9.17) is 0 Å². The Hall–Kier alpha value is -2.19. The maximum absolute atomic E-state index is 13.3. The Kier molecular flexibility index (Phi) is 5.01. The van der Waals surface area contributed by atoms with Gasteiger partial charge in [0, 0.05) is 25.0 Å². The molecule has 2 aliphatic rings. The van der Waals surface area contributed by atoms with Gasteiger partial charge in [0.2, 0.25) is 15.9 Å². The second kappa shape index (κ2) is 7.33. The number of aryl methyl sites for hydroxylation is 1. The average molecular weight is 403 g/mol. The van der Waals surface area contributed by atoms with Crippen LogP contribution >= 0.6 is 0 Å². The second-order valence-electron chi connectivity index (χ2n) is 7.71. The number of sulfonamides is 1. The third kappa shape index (κ3) is 3.58. The number of hydrogen-bond donors (Lipinski definition) is 1. The lowest BCUT2D eigenvalue weighted by Crippen LogP contribution is -2.43. The van der Waals surface area contributed by atoms with Crippen molar-refractivity contribution < 1.29 is 13.2 Å². The van der Waals surface area contributed by atoms with Crippen LogP contribution in [0.5, 0.6) is 0 Å². The lowest BCUT2D eigenvalue weighted by atomic mass is 9.97. The molecule has 0 spiro atoms. The van der Waals surface area contributed by atoms with Crippen LogP contribution in [0.1, 0.15) is 37.1 Å². The summed E-state index contributed by atoms with van der Waals surface area (Å²) in [6, 6.07) is 9.86. The number of carbonyl (C=O) groups excluding carboxylic acids is 1. The van der Waals surface area contributed by atoms with E-state index in [1.54, 1.807) is 18.5 Å². The van der Waals surface area contributed by atoms with Gasteiger partial charge in [0.1, 0.15) is 4.90 Å². The molecule has 7 nitrogen and oxygen atoms in total. The molecule has 0 atom stereocenters. The van der Waals surface area contributed by atoms with Crippen molar-refractivity contribution >= 4 is 15.9 Å². The summed E-state index contributed by atoms with van der Waals surface area (Å²) in [5.74, 6) is -0.0231. The Morgan fingerprint density at radius 1 is 1.07 bits per heavy atom. The first-order valence-corrected chi connectivity index (χ1v) is 11.2. The van der Waals surface area contributed by atoms with Crippen LogP contribution in [-0.2, 0) is 14.8 Å². The van der Waals surface area contributed by atoms with Gasteiger partial charge in [-0.1, -0.05) is 18.2 Å². The van der Waals surface area contributed by atoms with E-state index < -0.39 is 10.0 Å². The molecule has 2 fully saturated rings. The van der Waals surface area contributed by atoms with Gasteiger partial charge in [-0.2, -0.15) is 9.40 Å². The molecule has 2 heterocycles. The van der Waals surface area contributed by atoms with Gasteiger partial charge in [-0.25, -0.2) is 13.1 Å². The van der Waals surface area contributed by atoms with E-state index in [0.29, 0.717) is 43.4 Å². The molecule has 0 unspecified atom stereocenters. The number of hydrogen-bond acceptors (Lipinski definition) is 4. The van der Waals surface area contributed by atoms with Crippen molar-refractivity contribution in [2.75, 3.05) is 13.1 Å². The van der Waals surface area contributed by atoms with Gasteiger partial charge >= 0.3 is 0 Å². The van der Waals surface area contributed by atoms with E-state index in [-0.39, 0.29) is 16.7 Å². The van der Waals surface area contributed by atoms with Crippen molar-refractivity contribution in [1.82, 2.24) is 19.4 Å². The fourth-order valence-corrected chi connectivity index (χ4v) is 5.68. The lowest BCUT2D eigenvalue weighted by molar-refractivity contribution is -0.126. The van der Waals surface area contributed by atoms with Gasteiger partial charge < -0.3 is 5.32 Å². The Morgan fingerprint density at radius 2 is 1.71 bits per heavy atom. The Morgan fingerprint density at radius 3 is 2.32 bits per heavy atom. The number of rotatable bonds is 5. The lowest BCUT2D eigenvalue weighted by Gasteiger charge is -2.30. The third-order valence-corrected chi connectivity index (χ3v) is 7.72. The van der Waals surface area contributed by atoms with Crippen LogP contribution in [0, 0.1) is 19.8 Å². The summed E-state index contributed by atoms with van der Waals surface area (Å²) in [5.41, 5.74) is 1.94. The predicted octanol–water partition coefficient (Wildman–Crippen LogP) is 2.17. The van der Waals surface area contributed by atoms with E-state index in [9.17, 15) is 13.2 Å². The Bertz CT molecular complexity index is 972. The highest BCUT2D eigenvalue weighted by atomic mass is 32.2. The van der Waals surface area contributed by atoms with Crippen molar-refractivity contribution in [2.45, 2.75) is 50.5 Å². The van der Waals surface area contributed by atoms with E-state index >= 15 is 0 Å². The number of para-hydroxylation sites is 1. The summed E-state index contributed by atoms with van der Waals surface area (Å²) < 4.78 is 29.8. The number of nitrogens with one attached hydrogen (secondary N) is 1. The topological polar surface area (TPSA) is 84.3 Å². The molecular formula is C20H26N4O3S. The molecule has 1 saturated carbocycles. The largest absolute Gasteiger partial charge is 0.353 e. The molecular weight excluding hydrogens is 376 g/mol. The van der Waals surface area contributed by atoms with E-state index in [1.165, 1.54) is 4.31 Å². The van der Waals surface area contributed by atoms with Crippen molar-refractivity contribution in [3.8, 4) is 5.69 Å². The minimum Gasteiger partial charge on any atom is -0.353 e. The number of piperidine rings is 1. The van der Waals surface area contributed by atoms with Crippen LogP contribution < -0.4 is 5.32 Å². The minimum absolute atomic E-state index is 0.0730. The number of nitrogens with zero attached hydrogens (tertiary/aromatic N) is 3. The van der Waals surface area contributed by atoms with Crippen LogP contribution in [0.4, 0.5) is 0 Å². The smallest absolute Gasteiger partial charge is 0.246 e. The monoisotopic (exact) mass is 402 g/mol. The molecule has 1 aromatic carbocycles. The predicted molar refractivity (Wildman–Crippen MR) is 106 cm³/mol. The van der Waals surface area contributed by atoms with Gasteiger partial charge in [-0.05, 0) is 51.7 Å². The summed E-state index contributed by atoms with van der Waals surface area (Å²) in [5, 5.41) is 7.50. The van der Waals surface area contributed by atoms with Crippen LogP contribution in [0.3, 0.4) is 0 Å². The van der Waals surface area contributed by atoms with Crippen LogP contribution in [-0.4, -0.2) is 47.5 Å². The highest BCUT2D eigenvalue weighted by molar-refractivity contribution is 7.89. The third-order valence-electron chi connectivity index (χ3n) is 5.57. The van der Waals surface area contributed by atoms with Crippen molar-refractivity contribution in [3.05, 3.63) is 41.7 Å².